The second-order valence-electron chi connectivity index (χ2n) is 5.52. The van der Waals surface area contributed by atoms with Crippen LogP contribution in [-0.2, 0) is 4.79 Å². The highest BCUT2D eigenvalue weighted by molar-refractivity contribution is 5.79. The van der Waals surface area contributed by atoms with Crippen LogP contribution < -0.4 is 5.32 Å². The molecule has 1 aliphatic carbocycles. The Kier molecular flexibility index (Phi) is 6.18. The Balaban J connectivity index is 2.62. The SMILES string of the molecule is CCCC(CCC)C(=O)NC1(C#N)CCCCC1. The highest BCUT2D eigenvalue weighted by atomic mass is 16.2. The van der Waals surface area contributed by atoms with Crippen molar-refractivity contribution in [3.63, 3.8) is 0 Å². The van der Waals surface area contributed by atoms with Crippen LogP contribution in [0.15, 0.2) is 0 Å². The van der Waals surface area contributed by atoms with Gasteiger partial charge in [0.2, 0.25) is 5.91 Å². The third kappa shape index (κ3) is 4.01. The molecule has 0 saturated heterocycles. The van der Waals surface area contributed by atoms with Crippen molar-refractivity contribution in [3.8, 4) is 6.07 Å². The number of nitrogens with zero attached hydrogens (tertiary/aromatic N) is 1. The molecule has 3 nitrogen and oxygen atoms in total. The Morgan fingerprint density at radius 2 is 1.78 bits per heavy atom. The predicted molar refractivity (Wildman–Crippen MR) is 72.9 cm³/mol. The zero-order valence-electron chi connectivity index (χ0n) is 11.8. The lowest BCUT2D eigenvalue weighted by atomic mass is 9.82. The normalized spacial score (nSPS) is 18.3. The molecule has 102 valence electrons. The van der Waals surface area contributed by atoms with E-state index in [1.807, 2.05) is 0 Å². The molecule has 18 heavy (non-hydrogen) atoms. The molecule has 0 aliphatic heterocycles. The fraction of sp³-hybridized carbons (Fsp3) is 0.867. The van der Waals surface area contributed by atoms with Gasteiger partial charge in [0.1, 0.15) is 5.54 Å². The van der Waals surface area contributed by atoms with Gasteiger partial charge in [0.05, 0.1) is 6.07 Å². The third-order valence-electron chi connectivity index (χ3n) is 3.93. The van der Waals surface area contributed by atoms with Crippen LogP contribution in [0.1, 0.15) is 71.6 Å². The number of hydrogen-bond donors (Lipinski definition) is 1. The van der Waals surface area contributed by atoms with Crippen LogP contribution in [-0.4, -0.2) is 11.4 Å². The van der Waals surface area contributed by atoms with Crippen LogP contribution >= 0.6 is 0 Å². The van der Waals surface area contributed by atoms with Gasteiger partial charge in [0.15, 0.2) is 0 Å². The second kappa shape index (κ2) is 7.41. The lowest BCUT2D eigenvalue weighted by Crippen LogP contribution is -2.50. The third-order valence-corrected chi connectivity index (χ3v) is 3.93. The van der Waals surface area contributed by atoms with Gasteiger partial charge in [-0.2, -0.15) is 5.26 Å². The van der Waals surface area contributed by atoms with Gasteiger partial charge >= 0.3 is 0 Å². The molecule has 0 unspecified atom stereocenters. The van der Waals surface area contributed by atoms with Crippen molar-refractivity contribution in [2.24, 2.45) is 5.92 Å². The van der Waals surface area contributed by atoms with Crippen LogP contribution in [0.4, 0.5) is 0 Å². The Hall–Kier alpha value is -1.04. The minimum Gasteiger partial charge on any atom is -0.338 e. The van der Waals surface area contributed by atoms with E-state index in [1.54, 1.807) is 0 Å². The molecule has 0 heterocycles. The minimum atomic E-state index is -0.574. The van der Waals surface area contributed by atoms with Crippen molar-refractivity contribution >= 4 is 5.91 Å². The molecule has 0 atom stereocenters. The number of carbonyl (C=O) groups is 1. The molecule has 0 aromatic heterocycles. The van der Waals surface area contributed by atoms with Gasteiger partial charge in [-0.1, -0.05) is 46.0 Å². The number of nitriles is 1. The highest BCUT2D eigenvalue weighted by Gasteiger charge is 2.35. The molecule has 0 radical (unpaired) electrons. The first-order chi connectivity index (χ1) is 8.67. The number of nitrogens with one attached hydrogen (secondary N) is 1. The molecule has 1 fully saturated rings. The summed E-state index contributed by atoms with van der Waals surface area (Å²) in [6.45, 7) is 4.22. The first-order valence-corrected chi connectivity index (χ1v) is 7.40. The average molecular weight is 250 g/mol. The van der Waals surface area contributed by atoms with Gasteiger partial charge in [-0.05, 0) is 25.7 Å². The minimum absolute atomic E-state index is 0.0900. The second-order valence-corrected chi connectivity index (χ2v) is 5.52. The number of hydrogen-bond acceptors (Lipinski definition) is 2. The Morgan fingerprint density at radius 1 is 1.22 bits per heavy atom. The highest BCUT2D eigenvalue weighted by Crippen LogP contribution is 2.28. The van der Waals surface area contributed by atoms with Gasteiger partial charge in [-0.25, -0.2) is 0 Å². The Morgan fingerprint density at radius 3 is 2.22 bits per heavy atom. The summed E-state index contributed by atoms with van der Waals surface area (Å²) in [5, 5.41) is 12.4. The van der Waals surface area contributed by atoms with E-state index in [0.717, 1.165) is 51.4 Å². The summed E-state index contributed by atoms with van der Waals surface area (Å²) in [7, 11) is 0. The molecular formula is C15H26N2O. The molecule has 1 saturated carbocycles. The van der Waals surface area contributed by atoms with E-state index in [9.17, 15) is 10.1 Å². The zero-order valence-corrected chi connectivity index (χ0v) is 11.8. The van der Waals surface area contributed by atoms with E-state index in [0.29, 0.717) is 0 Å². The first kappa shape index (κ1) is 15.0. The van der Waals surface area contributed by atoms with Gasteiger partial charge < -0.3 is 5.32 Å². The Labute approximate surface area is 111 Å². The lowest BCUT2D eigenvalue weighted by Gasteiger charge is -2.33. The number of amides is 1. The quantitative estimate of drug-likeness (QED) is 0.783. The van der Waals surface area contributed by atoms with Crippen molar-refractivity contribution in [1.82, 2.24) is 5.32 Å². The fourth-order valence-electron chi connectivity index (χ4n) is 2.86. The van der Waals surface area contributed by atoms with Gasteiger partial charge in [-0.3, -0.25) is 4.79 Å². The van der Waals surface area contributed by atoms with Gasteiger partial charge in [-0.15, -0.1) is 0 Å². The molecule has 1 N–H and O–H groups in total. The summed E-state index contributed by atoms with van der Waals surface area (Å²) in [6.07, 6.45) is 8.85. The van der Waals surface area contributed by atoms with Crippen molar-refractivity contribution < 1.29 is 4.79 Å². The molecule has 1 rings (SSSR count). The van der Waals surface area contributed by atoms with Crippen molar-refractivity contribution in [1.29, 1.82) is 5.26 Å². The van der Waals surface area contributed by atoms with Crippen molar-refractivity contribution in [2.75, 3.05) is 0 Å². The van der Waals surface area contributed by atoms with Gasteiger partial charge in [0, 0.05) is 5.92 Å². The molecule has 1 amide bonds. The largest absolute Gasteiger partial charge is 0.338 e. The smallest absolute Gasteiger partial charge is 0.224 e. The maximum absolute atomic E-state index is 12.3. The molecule has 0 aromatic carbocycles. The van der Waals surface area contributed by atoms with Crippen molar-refractivity contribution in [2.45, 2.75) is 77.2 Å². The first-order valence-electron chi connectivity index (χ1n) is 7.40. The summed E-state index contributed by atoms with van der Waals surface area (Å²) >= 11 is 0. The van der Waals surface area contributed by atoms with Crippen molar-refractivity contribution in [3.05, 3.63) is 0 Å². The van der Waals surface area contributed by atoms with Gasteiger partial charge in [0.25, 0.3) is 0 Å². The summed E-state index contributed by atoms with van der Waals surface area (Å²) in [5.74, 6) is 0.189. The summed E-state index contributed by atoms with van der Waals surface area (Å²) in [5.41, 5.74) is -0.574. The molecule has 1 aliphatic rings. The van der Waals surface area contributed by atoms with E-state index >= 15 is 0 Å². The van der Waals surface area contributed by atoms with E-state index < -0.39 is 5.54 Å². The average Bonchev–Trinajstić information content (AvgIpc) is 2.39. The number of carbonyl (C=O) groups excluding carboxylic acids is 1. The lowest BCUT2D eigenvalue weighted by molar-refractivity contribution is -0.127. The monoisotopic (exact) mass is 250 g/mol. The zero-order chi connectivity index (χ0) is 13.4. The molecule has 3 heteroatoms. The summed E-state index contributed by atoms with van der Waals surface area (Å²) in [6, 6.07) is 2.36. The van der Waals surface area contributed by atoms with E-state index in [2.05, 4.69) is 25.2 Å². The fourth-order valence-corrected chi connectivity index (χ4v) is 2.86. The Bertz CT molecular complexity index is 294. The maximum atomic E-state index is 12.3. The predicted octanol–water partition coefficient (Wildman–Crippen LogP) is 3.55. The molecule has 0 aromatic rings. The molecular weight excluding hydrogens is 224 g/mol. The van der Waals surface area contributed by atoms with Crippen LogP contribution in [0, 0.1) is 17.2 Å². The standard InChI is InChI=1S/C15H26N2O/c1-3-8-13(9-4-2)14(18)17-15(12-16)10-6-5-7-11-15/h13H,3-11H2,1-2H3,(H,17,18). The topological polar surface area (TPSA) is 52.9 Å². The van der Waals surface area contributed by atoms with Crippen LogP contribution in [0.5, 0.6) is 0 Å². The maximum Gasteiger partial charge on any atom is 0.224 e. The molecule has 0 spiro atoms. The number of rotatable bonds is 6. The molecule has 0 bridgehead atoms. The van der Waals surface area contributed by atoms with Crippen LogP contribution in [0.2, 0.25) is 0 Å². The summed E-state index contributed by atoms with van der Waals surface area (Å²) in [4.78, 5) is 12.3. The van der Waals surface area contributed by atoms with Crippen LogP contribution in [0.3, 0.4) is 0 Å². The van der Waals surface area contributed by atoms with E-state index in [4.69, 9.17) is 0 Å². The van der Waals surface area contributed by atoms with Crippen LogP contribution in [0.25, 0.3) is 0 Å². The summed E-state index contributed by atoms with van der Waals surface area (Å²) < 4.78 is 0. The van der Waals surface area contributed by atoms with E-state index in [-0.39, 0.29) is 11.8 Å². The van der Waals surface area contributed by atoms with E-state index in [1.165, 1.54) is 6.42 Å².